The number of aliphatic hydroxyl groups is 1. The molecule has 1 amide bonds. The van der Waals surface area contributed by atoms with Crippen molar-refractivity contribution in [1.29, 1.82) is 0 Å². The average Bonchev–Trinajstić information content (AvgIpc) is 2.16. The number of carboxylic acid groups (broad SMARTS) is 1. The first-order chi connectivity index (χ1) is 6.61. The van der Waals surface area contributed by atoms with Crippen molar-refractivity contribution in [2.75, 3.05) is 0 Å². The van der Waals surface area contributed by atoms with Crippen molar-refractivity contribution in [2.24, 2.45) is 0 Å². The van der Waals surface area contributed by atoms with Crippen LogP contribution in [0.4, 0.5) is 4.79 Å². The Hall–Kier alpha value is -0.300. The third-order valence-corrected chi connectivity index (χ3v) is 2.88. The molecule has 2 unspecified atom stereocenters. The summed E-state index contributed by atoms with van der Waals surface area (Å²) in [4.78, 5) is 22.8. The molecule has 0 aromatic rings. The Morgan fingerprint density at radius 1 is 1.50 bits per heavy atom. The van der Waals surface area contributed by atoms with Gasteiger partial charge in [0, 0.05) is 0 Å². The number of hydrogen-bond acceptors (Lipinski definition) is 5. The second kappa shape index (κ2) is 4.52. The number of nitrogens with zero attached hydrogens (tertiary/aromatic N) is 1. The predicted octanol–water partition coefficient (Wildman–Crippen LogP) is -3.93. The Kier molecular flexibility index (Phi) is 4.44. The van der Waals surface area contributed by atoms with E-state index in [2.05, 4.69) is 0 Å². The molecule has 1 rings (SSSR count). The Morgan fingerprint density at radius 2 is 1.94 bits per heavy atom. The van der Waals surface area contributed by atoms with Crippen LogP contribution >= 0.6 is 0 Å². The number of carbonyl (C=O) groups excluding carboxylic acids is 2. The van der Waals surface area contributed by atoms with Crippen LogP contribution in [0.25, 0.3) is 0 Å². The van der Waals surface area contributed by atoms with E-state index in [1.54, 1.807) is 0 Å². The topological polar surface area (TPSA) is 89.9 Å². The maximum atomic E-state index is 11.4. The number of carbonyl (C=O) groups is 2. The van der Waals surface area contributed by atoms with E-state index in [0.717, 1.165) is 4.90 Å². The molecule has 0 aromatic heterocycles. The third-order valence-electron chi connectivity index (χ3n) is 2.88. The van der Waals surface area contributed by atoms with Gasteiger partial charge in [0.15, 0.2) is 11.3 Å². The molecular weight excluding hydrogens is 225 g/mol. The van der Waals surface area contributed by atoms with Gasteiger partial charge in [-0.3, -0.25) is 4.90 Å². The molecule has 2 atom stereocenters. The number of hydrogen-bond donors (Lipinski definition) is 1. The van der Waals surface area contributed by atoms with Crippen LogP contribution in [0.2, 0.25) is 0 Å². The van der Waals surface area contributed by atoms with Gasteiger partial charge in [0.05, 0.1) is 12.0 Å². The first kappa shape index (κ1) is 15.7. The Balaban J connectivity index is 0.00000225. The first-order valence-corrected chi connectivity index (χ1v) is 4.57. The van der Waals surface area contributed by atoms with Crippen molar-refractivity contribution >= 4 is 12.1 Å². The molecule has 0 bridgehead atoms. The van der Waals surface area contributed by atoms with E-state index in [1.165, 1.54) is 27.7 Å². The van der Waals surface area contributed by atoms with Gasteiger partial charge < -0.3 is 19.7 Å². The summed E-state index contributed by atoms with van der Waals surface area (Å²) in [6, 6.07) is -1.24. The molecular formula is C9H14NNaO5. The van der Waals surface area contributed by atoms with E-state index in [1.807, 2.05) is 0 Å². The maximum Gasteiger partial charge on any atom is 1.00 e. The number of aliphatic carboxylic acids is 1. The van der Waals surface area contributed by atoms with E-state index in [9.17, 15) is 19.8 Å². The summed E-state index contributed by atoms with van der Waals surface area (Å²) in [5.41, 5.74) is -2.84. The molecule has 7 heteroatoms. The molecule has 6 nitrogen and oxygen atoms in total. The van der Waals surface area contributed by atoms with Gasteiger partial charge in [-0.25, -0.2) is 4.79 Å². The van der Waals surface area contributed by atoms with Crippen LogP contribution in [0.1, 0.15) is 27.7 Å². The predicted molar refractivity (Wildman–Crippen MR) is 47.5 cm³/mol. The molecule has 1 aliphatic rings. The van der Waals surface area contributed by atoms with Crippen LogP contribution in [0.15, 0.2) is 0 Å². The van der Waals surface area contributed by atoms with E-state index in [0.29, 0.717) is 0 Å². The number of amides is 1. The number of ether oxygens (including phenoxy) is 1. The molecule has 0 radical (unpaired) electrons. The normalized spacial score (nSPS) is 29.3. The van der Waals surface area contributed by atoms with Gasteiger partial charge in [-0.2, -0.15) is 0 Å². The minimum Gasteiger partial charge on any atom is -0.548 e. The molecule has 1 aliphatic heterocycles. The molecule has 0 aliphatic carbocycles. The quantitative estimate of drug-likeness (QED) is 0.497. The maximum absolute atomic E-state index is 11.4. The fourth-order valence-corrected chi connectivity index (χ4v) is 1.47. The Bertz CT molecular complexity index is 315. The van der Waals surface area contributed by atoms with Gasteiger partial charge in [-0.05, 0) is 27.7 Å². The summed E-state index contributed by atoms with van der Waals surface area (Å²) in [6.07, 6.45) is -0.860. The van der Waals surface area contributed by atoms with Crippen molar-refractivity contribution in [3.63, 3.8) is 0 Å². The number of rotatable bonds is 2. The van der Waals surface area contributed by atoms with Crippen molar-refractivity contribution in [3.8, 4) is 0 Å². The molecule has 0 saturated carbocycles. The Labute approximate surface area is 116 Å². The summed E-state index contributed by atoms with van der Waals surface area (Å²) in [5.74, 6) is -1.44. The minimum atomic E-state index is -1.68. The van der Waals surface area contributed by atoms with Crippen LogP contribution in [-0.4, -0.2) is 39.4 Å². The molecule has 86 valence electrons. The Morgan fingerprint density at radius 3 is 2.19 bits per heavy atom. The largest absolute Gasteiger partial charge is 1.00 e. The van der Waals surface area contributed by atoms with Gasteiger partial charge in [-0.1, -0.05) is 0 Å². The van der Waals surface area contributed by atoms with Crippen LogP contribution in [0.3, 0.4) is 0 Å². The van der Waals surface area contributed by atoms with Crippen molar-refractivity contribution in [1.82, 2.24) is 4.90 Å². The van der Waals surface area contributed by atoms with Gasteiger partial charge in [0.25, 0.3) is 0 Å². The fraction of sp³-hybridized carbons (Fsp3) is 0.778. The van der Waals surface area contributed by atoms with E-state index >= 15 is 0 Å². The standard InChI is InChI=1S/C9H15NO5.Na/c1-5(6(11)12)10-7(13)15-8(2,3)9(10,4)14;/h5,14H,1-4H3,(H,11,12);/q;+1/p-1. The van der Waals surface area contributed by atoms with Crippen molar-refractivity contribution in [2.45, 2.75) is 45.1 Å². The van der Waals surface area contributed by atoms with Gasteiger partial charge in [0.1, 0.15) is 0 Å². The molecule has 0 spiro atoms. The zero-order chi connectivity index (χ0) is 12.0. The van der Waals surface area contributed by atoms with Crippen LogP contribution < -0.4 is 34.7 Å². The smallest absolute Gasteiger partial charge is 0.548 e. The van der Waals surface area contributed by atoms with Gasteiger partial charge in [-0.15, -0.1) is 0 Å². The minimum absolute atomic E-state index is 0. The van der Waals surface area contributed by atoms with E-state index in [4.69, 9.17) is 4.74 Å². The molecule has 1 heterocycles. The monoisotopic (exact) mass is 239 g/mol. The van der Waals surface area contributed by atoms with Crippen LogP contribution in [0, 0.1) is 0 Å². The number of carboxylic acids is 1. The van der Waals surface area contributed by atoms with Gasteiger partial charge >= 0.3 is 35.7 Å². The van der Waals surface area contributed by atoms with Crippen molar-refractivity contribution in [3.05, 3.63) is 0 Å². The molecule has 1 fully saturated rings. The number of cyclic esters (lactones) is 1. The summed E-state index contributed by atoms with van der Waals surface area (Å²) in [5, 5.41) is 20.7. The fourth-order valence-electron chi connectivity index (χ4n) is 1.47. The zero-order valence-corrected chi connectivity index (χ0v) is 12.1. The van der Waals surface area contributed by atoms with Crippen LogP contribution in [-0.2, 0) is 9.53 Å². The summed E-state index contributed by atoms with van der Waals surface area (Å²) >= 11 is 0. The molecule has 16 heavy (non-hydrogen) atoms. The van der Waals surface area contributed by atoms with Crippen LogP contribution in [0.5, 0.6) is 0 Å². The molecule has 0 aromatic carbocycles. The summed E-state index contributed by atoms with van der Waals surface area (Å²) in [7, 11) is 0. The second-order valence-corrected chi connectivity index (χ2v) is 4.26. The van der Waals surface area contributed by atoms with Gasteiger partial charge in [0.2, 0.25) is 0 Å². The summed E-state index contributed by atoms with van der Waals surface area (Å²) < 4.78 is 4.89. The van der Waals surface area contributed by atoms with E-state index < -0.39 is 29.4 Å². The third kappa shape index (κ3) is 2.20. The zero-order valence-electron chi connectivity index (χ0n) is 10.1. The SMILES string of the molecule is CC(C(=O)[O-])N1C(=O)OC(C)(C)C1(C)O.[Na+]. The molecule has 1 saturated heterocycles. The van der Waals surface area contributed by atoms with E-state index in [-0.39, 0.29) is 29.6 Å². The summed E-state index contributed by atoms with van der Waals surface area (Å²) in [6.45, 7) is 5.60. The van der Waals surface area contributed by atoms with Crippen molar-refractivity contribution < 1.29 is 54.1 Å². The first-order valence-electron chi connectivity index (χ1n) is 4.57. The second-order valence-electron chi connectivity index (χ2n) is 4.26. The molecule has 1 N–H and O–H groups in total. The average molecular weight is 239 g/mol.